The highest BCUT2D eigenvalue weighted by molar-refractivity contribution is 6.46. The number of aliphatic hydroxyl groups excluding tert-OH is 1. The smallest absolute Gasteiger partial charge is 0.295 e. The maximum atomic E-state index is 13.0. The fourth-order valence-corrected chi connectivity index (χ4v) is 4.28. The maximum absolute atomic E-state index is 13.0. The third-order valence-electron chi connectivity index (χ3n) is 6.21. The summed E-state index contributed by atoms with van der Waals surface area (Å²) in [6.07, 6.45) is 6.87. The van der Waals surface area contributed by atoms with Crippen LogP contribution in [-0.4, -0.2) is 52.8 Å². The molecule has 178 valence electrons. The predicted octanol–water partition coefficient (Wildman–Crippen LogP) is 5.30. The summed E-state index contributed by atoms with van der Waals surface area (Å²) in [5, 5.41) is 11.0. The number of likely N-dealkylation sites (tertiary alicyclic amines) is 1. The number of ketones is 1. The zero-order valence-corrected chi connectivity index (χ0v) is 20.0. The zero-order valence-electron chi connectivity index (χ0n) is 20.0. The first-order valence-corrected chi connectivity index (χ1v) is 12.1. The third-order valence-corrected chi connectivity index (χ3v) is 6.21. The Labute approximate surface area is 196 Å². The summed E-state index contributed by atoms with van der Waals surface area (Å²) in [6, 6.07) is 10.0. The van der Waals surface area contributed by atoms with E-state index in [0.29, 0.717) is 17.9 Å². The van der Waals surface area contributed by atoms with Crippen molar-refractivity contribution in [1.82, 2.24) is 9.80 Å². The van der Waals surface area contributed by atoms with Crippen molar-refractivity contribution in [1.29, 1.82) is 0 Å². The average Bonchev–Trinajstić information content (AvgIpc) is 3.43. The highest BCUT2D eigenvalue weighted by Crippen LogP contribution is 2.39. The number of unbranched alkanes of at least 4 members (excludes halogenated alkanes) is 2. The van der Waals surface area contributed by atoms with Gasteiger partial charge in [0, 0.05) is 12.1 Å². The summed E-state index contributed by atoms with van der Waals surface area (Å²) >= 11 is 0. The van der Waals surface area contributed by atoms with Crippen LogP contribution in [0.25, 0.3) is 5.76 Å². The largest absolute Gasteiger partial charge is 0.507 e. The standard InChI is InChI=1S/C27H36N2O4/c1-4-6-15-28(16-7-5-2)17-9-18-29-24(22-10-8-19-33-22)23(26(31)27(29)32)25(30)21-13-11-20(3)12-14-21/h8,10-14,19,24,30H,4-7,9,15-18H2,1-3H3/b25-23-. The Morgan fingerprint density at radius 1 is 1.00 bits per heavy atom. The Morgan fingerprint density at radius 3 is 2.21 bits per heavy atom. The number of benzene rings is 1. The Kier molecular flexibility index (Phi) is 8.89. The van der Waals surface area contributed by atoms with Crippen molar-refractivity contribution in [2.24, 2.45) is 0 Å². The number of rotatable bonds is 12. The van der Waals surface area contributed by atoms with Crippen molar-refractivity contribution in [2.45, 2.75) is 58.9 Å². The van der Waals surface area contributed by atoms with Crippen LogP contribution in [0.2, 0.25) is 0 Å². The molecule has 6 nitrogen and oxygen atoms in total. The lowest BCUT2D eigenvalue weighted by atomic mass is 9.99. The Balaban J connectivity index is 1.83. The molecule has 0 radical (unpaired) electrons. The van der Waals surface area contributed by atoms with Crippen LogP contribution in [0.1, 0.15) is 68.9 Å². The van der Waals surface area contributed by atoms with E-state index in [-0.39, 0.29) is 11.3 Å². The van der Waals surface area contributed by atoms with Crippen molar-refractivity contribution in [3.05, 3.63) is 65.1 Å². The summed E-state index contributed by atoms with van der Waals surface area (Å²) in [5.74, 6) is -0.927. The number of Topliss-reactive ketones (excluding diaryl/α,β-unsaturated/α-hetero) is 1. The number of aryl methyl sites for hydroxylation is 1. The number of amides is 1. The van der Waals surface area contributed by atoms with Gasteiger partial charge in [0.2, 0.25) is 0 Å². The summed E-state index contributed by atoms with van der Waals surface area (Å²) in [4.78, 5) is 30.0. The fourth-order valence-electron chi connectivity index (χ4n) is 4.28. The van der Waals surface area contributed by atoms with E-state index in [0.717, 1.165) is 57.3 Å². The molecule has 1 aliphatic heterocycles. The van der Waals surface area contributed by atoms with Crippen molar-refractivity contribution in [3.63, 3.8) is 0 Å². The third kappa shape index (κ3) is 5.93. The zero-order chi connectivity index (χ0) is 23.8. The molecule has 1 amide bonds. The molecule has 2 heterocycles. The molecule has 1 aliphatic rings. The van der Waals surface area contributed by atoms with E-state index >= 15 is 0 Å². The normalized spacial score (nSPS) is 17.9. The van der Waals surface area contributed by atoms with Gasteiger partial charge < -0.3 is 19.3 Å². The minimum absolute atomic E-state index is 0.0904. The highest BCUT2D eigenvalue weighted by atomic mass is 16.3. The highest BCUT2D eigenvalue weighted by Gasteiger charge is 2.47. The summed E-state index contributed by atoms with van der Waals surface area (Å²) in [5.41, 5.74) is 1.65. The van der Waals surface area contributed by atoms with Gasteiger partial charge in [0.1, 0.15) is 17.6 Å². The quantitative estimate of drug-likeness (QED) is 0.269. The fraction of sp³-hybridized carbons (Fsp3) is 0.481. The molecular weight excluding hydrogens is 416 g/mol. The molecule has 2 aromatic rings. The molecule has 0 spiro atoms. The molecule has 1 saturated heterocycles. The second kappa shape index (κ2) is 11.8. The lowest BCUT2D eigenvalue weighted by Gasteiger charge is -2.26. The number of aliphatic hydroxyl groups is 1. The van der Waals surface area contributed by atoms with Crippen molar-refractivity contribution in [3.8, 4) is 0 Å². The Hall–Kier alpha value is -2.86. The van der Waals surface area contributed by atoms with Crippen LogP contribution in [0.15, 0.2) is 52.7 Å². The average molecular weight is 453 g/mol. The molecule has 6 heteroatoms. The van der Waals surface area contributed by atoms with Crippen LogP contribution in [0.5, 0.6) is 0 Å². The number of hydrogen-bond acceptors (Lipinski definition) is 5. The summed E-state index contributed by atoms with van der Waals surface area (Å²) in [6.45, 7) is 9.72. The number of furan rings is 1. The summed E-state index contributed by atoms with van der Waals surface area (Å²) in [7, 11) is 0. The Morgan fingerprint density at radius 2 is 1.64 bits per heavy atom. The van der Waals surface area contributed by atoms with Crippen LogP contribution in [-0.2, 0) is 9.59 Å². The topological polar surface area (TPSA) is 74.0 Å². The van der Waals surface area contributed by atoms with E-state index in [2.05, 4.69) is 18.7 Å². The van der Waals surface area contributed by atoms with Crippen LogP contribution >= 0.6 is 0 Å². The molecule has 1 unspecified atom stereocenters. The molecule has 0 aliphatic carbocycles. The van der Waals surface area contributed by atoms with E-state index in [1.165, 1.54) is 6.26 Å². The minimum Gasteiger partial charge on any atom is -0.507 e. The molecule has 1 aromatic carbocycles. The molecule has 33 heavy (non-hydrogen) atoms. The van der Waals surface area contributed by atoms with E-state index in [9.17, 15) is 14.7 Å². The van der Waals surface area contributed by atoms with Gasteiger partial charge in [0.25, 0.3) is 11.7 Å². The van der Waals surface area contributed by atoms with E-state index < -0.39 is 17.7 Å². The summed E-state index contributed by atoms with van der Waals surface area (Å²) < 4.78 is 5.61. The van der Waals surface area contributed by atoms with Gasteiger partial charge in [0.05, 0.1) is 11.8 Å². The lowest BCUT2D eigenvalue weighted by molar-refractivity contribution is -0.140. The van der Waals surface area contributed by atoms with Gasteiger partial charge in [-0.25, -0.2) is 0 Å². The molecular formula is C27H36N2O4. The molecule has 1 fully saturated rings. The van der Waals surface area contributed by atoms with Crippen LogP contribution in [0.4, 0.5) is 0 Å². The van der Waals surface area contributed by atoms with Crippen LogP contribution in [0, 0.1) is 6.92 Å². The van der Waals surface area contributed by atoms with E-state index in [4.69, 9.17) is 4.42 Å². The first kappa shape index (κ1) is 24.8. The van der Waals surface area contributed by atoms with Gasteiger partial charge in [-0.3, -0.25) is 9.59 Å². The predicted molar refractivity (Wildman–Crippen MR) is 130 cm³/mol. The van der Waals surface area contributed by atoms with Crippen molar-refractivity contribution in [2.75, 3.05) is 26.2 Å². The van der Waals surface area contributed by atoms with Crippen molar-refractivity contribution < 1.29 is 19.1 Å². The molecule has 3 rings (SSSR count). The first-order valence-electron chi connectivity index (χ1n) is 12.1. The van der Waals surface area contributed by atoms with Gasteiger partial charge >= 0.3 is 0 Å². The number of carbonyl (C=O) groups is 2. The van der Waals surface area contributed by atoms with Crippen LogP contribution < -0.4 is 0 Å². The molecule has 0 bridgehead atoms. The molecule has 1 atom stereocenters. The van der Waals surface area contributed by atoms with Crippen LogP contribution in [0.3, 0.4) is 0 Å². The van der Waals surface area contributed by atoms with Gasteiger partial charge in [-0.15, -0.1) is 0 Å². The van der Waals surface area contributed by atoms with E-state index in [1.807, 2.05) is 19.1 Å². The maximum Gasteiger partial charge on any atom is 0.295 e. The lowest BCUT2D eigenvalue weighted by Crippen LogP contribution is -2.34. The molecule has 1 aromatic heterocycles. The second-order valence-corrected chi connectivity index (χ2v) is 8.78. The van der Waals surface area contributed by atoms with Gasteiger partial charge in [0.15, 0.2) is 0 Å². The molecule has 0 saturated carbocycles. The van der Waals surface area contributed by atoms with Crippen molar-refractivity contribution >= 4 is 17.4 Å². The monoisotopic (exact) mass is 452 g/mol. The number of nitrogens with zero attached hydrogens (tertiary/aromatic N) is 2. The van der Waals surface area contributed by atoms with Gasteiger partial charge in [-0.2, -0.15) is 0 Å². The second-order valence-electron chi connectivity index (χ2n) is 8.78. The first-order chi connectivity index (χ1) is 16.0. The van der Waals surface area contributed by atoms with Gasteiger partial charge in [-0.05, 0) is 58.0 Å². The Bertz CT molecular complexity index is 939. The molecule has 1 N–H and O–H groups in total. The SMILES string of the molecule is CCCCN(CCCC)CCCN1C(=O)C(=O)/C(=C(\O)c2ccc(C)cc2)C1c1ccco1. The number of hydrogen-bond donors (Lipinski definition) is 1. The minimum atomic E-state index is -0.721. The number of carbonyl (C=O) groups excluding carboxylic acids is 2. The van der Waals surface area contributed by atoms with Gasteiger partial charge in [-0.1, -0.05) is 56.5 Å². The van der Waals surface area contributed by atoms with E-state index in [1.54, 1.807) is 29.2 Å².